The van der Waals surface area contributed by atoms with Crippen molar-refractivity contribution in [3.63, 3.8) is 0 Å². The zero-order valence-corrected chi connectivity index (χ0v) is 16.8. The predicted octanol–water partition coefficient (Wildman–Crippen LogP) is 4.33. The lowest BCUT2D eigenvalue weighted by molar-refractivity contribution is -0.138. The first-order valence-electron chi connectivity index (χ1n) is 9.36. The van der Waals surface area contributed by atoms with Crippen molar-refractivity contribution in [2.24, 2.45) is 0 Å². The molecule has 10 heteroatoms. The van der Waals surface area contributed by atoms with Gasteiger partial charge >= 0.3 is 18.2 Å². The molecule has 2 N–H and O–H groups in total. The molecule has 0 aliphatic carbocycles. The van der Waals surface area contributed by atoms with Crippen molar-refractivity contribution in [3.8, 4) is 11.5 Å². The van der Waals surface area contributed by atoms with Crippen LogP contribution in [0.1, 0.15) is 29.2 Å². The Balaban J connectivity index is 1.96. The van der Waals surface area contributed by atoms with Gasteiger partial charge in [0.05, 0.1) is 37.9 Å². The average molecular weight is 438 g/mol. The van der Waals surface area contributed by atoms with Crippen LogP contribution in [0.4, 0.5) is 23.7 Å². The maximum Gasteiger partial charge on any atom is 0.418 e. The molecule has 2 amide bonds. The second kappa shape index (κ2) is 8.75. The summed E-state index contributed by atoms with van der Waals surface area (Å²) in [6, 6.07) is 6.24. The van der Waals surface area contributed by atoms with Crippen molar-refractivity contribution in [2.75, 3.05) is 26.1 Å². The molecule has 1 heterocycles. The molecule has 1 aliphatic heterocycles. The maximum absolute atomic E-state index is 13.3. The van der Waals surface area contributed by atoms with Crippen molar-refractivity contribution in [2.45, 2.75) is 25.1 Å². The van der Waals surface area contributed by atoms with E-state index in [0.717, 1.165) is 17.7 Å². The molecule has 0 saturated heterocycles. The number of hydrogen-bond donors (Lipinski definition) is 2. The van der Waals surface area contributed by atoms with Gasteiger partial charge in [0, 0.05) is 6.54 Å². The van der Waals surface area contributed by atoms with Crippen molar-refractivity contribution in [1.82, 2.24) is 4.90 Å². The lowest BCUT2D eigenvalue weighted by Gasteiger charge is -2.37. The lowest BCUT2D eigenvalue weighted by atomic mass is 9.90. The number of hydrogen-bond acceptors (Lipinski definition) is 4. The number of carboxylic acid groups (broad SMARTS) is 1. The quantitative estimate of drug-likeness (QED) is 0.726. The Morgan fingerprint density at radius 3 is 2.42 bits per heavy atom. The monoisotopic (exact) mass is 438 g/mol. The molecule has 1 aliphatic rings. The fourth-order valence-corrected chi connectivity index (χ4v) is 3.68. The molecule has 0 aromatic heterocycles. The van der Waals surface area contributed by atoms with Crippen LogP contribution in [0.25, 0.3) is 0 Å². The Morgan fingerprint density at radius 2 is 1.81 bits per heavy atom. The van der Waals surface area contributed by atoms with Gasteiger partial charge in [0.25, 0.3) is 0 Å². The number of halogens is 3. The van der Waals surface area contributed by atoms with E-state index in [0.29, 0.717) is 23.5 Å². The van der Waals surface area contributed by atoms with Gasteiger partial charge in [-0.05, 0) is 41.8 Å². The molecule has 31 heavy (non-hydrogen) atoms. The minimum atomic E-state index is -4.65. The number of nitrogens with zero attached hydrogens (tertiary/aromatic N) is 1. The van der Waals surface area contributed by atoms with Crippen LogP contribution < -0.4 is 14.8 Å². The topological polar surface area (TPSA) is 88.1 Å². The lowest BCUT2D eigenvalue weighted by Crippen LogP contribution is -2.43. The number of aliphatic carboxylic acids is 1. The molecule has 0 saturated carbocycles. The summed E-state index contributed by atoms with van der Waals surface area (Å²) in [7, 11) is 2.90. The molecule has 3 rings (SSSR count). The van der Waals surface area contributed by atoms with E-state index in [-0.39, 0.29) is 6.54 Å². The second-order valence-corrected chi connectivity index (χ2v) is 6.94. The third-order valence-corrected chi connectivity index (χ3v) is 5.11. The highest BCUT2D eigenvalue weighted by Crippen LogP contribution is 2.40. The first-order valence-corrected chi connectivity index (χ1v) is 9.36. The van der Waals surface area contributed by atoms with Crippen molar-refractivity contribution in [3.05, 3.63) is 53.1 Å². The summed E-state index contributed by atoms with van der Waals surface area (Å²) in [5.74, 6) is -0.324. The Morgan fingerprint density at radius 1 is 1.16 bits per heavy atom. The van der Waals surface area contributed by atoms with Crippen LogP contribution in [0, 0.1) is 0 Å². The van der Waals surface area contributed by atoms with Gasteiger partial charge in [-0.3, -0.25) is 4.79 Å². The number of carboxylic acids is 1. The van der Waals surface area contributed by atoms with Gasteiger partial charge < -0.3 is 24.8 Å². The fourth-order valence-electron chi connectivity index (χ4n) is 3.68. The molecule has 0 fully saturated rings. The normalized spacial score (nSPS) is 15.8. The summed E-state index contributed by atoms with van der Waals surface area (Å²) in [5.41, 5.74) is -0.0525. The number of nitrogens with one attached hydrogen (secondary N) is 1. The van der Waals surface area contributed by atoms with E-state index in [4.69, 9.17) is 9.47 Å². The molecular weight excluding hydrogens is 417 g/mol. The van der Waals surface area contributed by atoms with Crippen LogP contribution >= 0.6 is 0 Å². The summed E-state index contributed by atoms with van der Waals surface area (Å²) < 4.78 is 50.4. The highest BCUT2D eigenvalue weighted by atomic mass is 19.4. The summed E-state index contributed by atoms with van der Waals surface area (Å²) in [5, 5.41) is 11.7. The Labute approximate surface area is 176 Å². The van der Waals surface area contributed by atoms with Gasteiger partial charge in [-0.15, -0.1) is 0 Å². The zero-order valence-electron chi connectivity index (χ0n) is 16.8. The van der Waals surface area contributed by atoms with Crippen molar-refractivity contribution in [1.29, 1.82) is 0 Å². The van der Waals surface area contributed by atoms with Gasteiger partial charge in [-0.25, -0.2) is 4.79 Å². The average Bonchev–Trinajstić information content (AvgIpc) is 2.72. The minimum Gasteiger partial charge on any atom is -0.493 e. The van der Waals surface area contributed by atoms with E-state index in [2.05, 4.69) is 5.32 Å². The van der Waals surface area contributed by atoms with Gasteiger partial charge in [-0.1, -0.05) is 12.1 Å². The maximum atomic E-state index is 13.3. The van der Waals surface area contributed by atoms with E-state index in [1.54, 1.807) is 12.1 Å². The van der Waals surface area contributed by atoms with Gasteiger partial charge in [0.1, 0.15) is 0 Å². The van der Waals surface area contributed by atoms with E-state index in [1.165, 1.54) is 31.3 Å². The molecule has 2 aromatic rings. The number of urea groups is 1. The number of anilines is 1. The number of rotatable bonds is 5. The van der Waals surface area contributed by atoms with E-state index in [1.807, 2.05) is 0 Å². The van der Waals surface area contributed by atoms with E-state index in [9.17, 15) is 27.9 Å². The number of ether oxygens (including phenoxy) is 2. The highest BCUT2D eigenvalue weighted by molar-refractivity contribution is 5.91. The van der Waals surface area contributed by atoms with Crippen LogP contribution in [0.15, 0.2) is 36.4 Å². The standard InChI is InChI=1S/C21H21F3N2O5/c1-30-17-9-12-7-8-26(16(11-19(27)28)13(12)10-18(17)31-2)20(29)25-15-6-4-3-5-14(15)21(22,23)24/h3-6,9-10,16H,7-8,11H2,1-2H3,(H,25,29)(H,27,28)/t16-/m0/s1. The van der Waals surface area contributed by atoms with Crippen LogP contribution in [-0.2, 0) is 17.4 Å². The number of para-hydroxylation sites is 1. The molecule has 0 spiro atoms. The smallest absolute Gasteiger partial charge is 0.418 e. The number of benzene rings is 2. The third kappa shape index (κ3) is 4.68. The number of methoxy groups -OCH3 is 2. The first-order chi connectivity index (χ1) is 14.7. The van der Waals surface area contributed by atoms with Crippen LogP contribution in [0.5, 0.6) is 11.5 Å². The predicted molar refractivity (Wildman–Crippen MR) is 105 cm³/mol. The number of alkyl halides is 3. The first kappa shape index (κ1) is 22.3. The van der Waals surface area contributed by atoms with Crippen LogP contribution in [-0.4, -0.2) is 42.8 Å². The number of carbonyl (C=O) groups is 2. The Hall–Kier alpha value is -3.43. The van der Waals surface area contributed by atoms with E-state index >= 15 is 0 Å². The Bertz CT molecular complexity index is 993. The van der Waals surface area contributed by atoms with E-state index < -0.39 is 41.9 Å². The molecule has 0 bridgehead atoms. The molecule has 0 radical (unpaired) electrons. The fraction of sp³-hybridized carbons (Fsp3) is 0.333. The molecule has 0 unspecified atom stereocenters. The Kier molecular flexibility index (Phi) is 6.28. The summed E-state index contributed by atoms with van der Waals surface area (Å²) >= 11 is 0. The van der Waals surface area contributed by atoms with Crippen molar-refractivity contribution >= 4 is 17.7 Å². The van der Waals surface area contributed by atoms with Gasteiger partial charge in [0.15, 0.2) is 11.5 Å². The minimum absolute atomic E-state index is 0.125. The molecule has 166 valence electrons. The zero-order chi connectivity index (χ0) is 22.8. The summed E-state index contributed by atoms with van der Waals surface area (Å²) in [6.45, 7) is 0.125. The van der Waals surface area contributed by atoms with Crippen LogP contribution in [0.3, 0.4) is 0 Å². The SMILES string of the molecule is COc1cc2c(cc1OC)[C@H](CC(=O)O)N(C(=O)Nc1ccccc1C(F)(F)F)CC2. The largest absolute Gasteiger partial charge is 0.493 e. The van der Waals surface area contributed by atoms with Gasteiger partial charge in [0.2, 0.25) is 0 Å². The van der Waals surface area contributed by atoms with Crippen molar-refractivity contribution < 1.29 is 37.3 Å². The number of carbonyl (C=O) groups excluding carboxylic acids is 1. The van der Waals surface area contributed by atoms with Gasteiger partial charge in [-0.2, -0.15) is 13.2 Å². The molecular formula is C21H21F3N2O5. The van der Waals surface area contributed by atoms with Crippen LogP contribution in [0.2, 0.25) is 0 Å². The number of fused-ring (bicyclic) bond motifs is 1. The third-order valence-electron chi connectivity index (χ3n) is 5.11. The highest BCUT2D eigenvalue weighted by Gasteiger charge is 2.36. The molecule has 7 nitrogen and oxygen atoms in total. The molecule has 1 atom stereocenters. The molecule has 2 aromatic carbocycles. The second-order valence-electron chi connectivity index (χ2n) is 6.94. The number of amides is 2. The summed E-state index contributed by atoms with van der Waals surface area (Å²) in [6.07, 6.45) is -4.69. The summed E-state index contributed by atoms with van der Waals surface area (Å²) in [4.78, 5) is 25.7.